The van der Waals surface area contributed by atoms with E-state index in [-0.39, 0.29) is 5.82 Å². The van der Waals surface area contributed by atoms with Crippen molar-refractivity contribution in [1.82, 2.24) is 5.32 Å². The summed E-state index contributed by atoms with van der Waals surface area (Å²) in [5.41, 5.74) is 5.43. The summed E-state index contributed by atoms with van der Waals surface area (Å²) in [6.07, 6.45) is 0. The van der Waals surface area contributed by atoms with Gasteiger partial charge in [-0.2, -0.15) is 0 Å². The Morgan fingerprint density at radius 2 is 1.80 bits per heavy atom. The molecular formula is C18H22FN. The SMILES string of the molecule is Cc1ccc(-c2ccc(F)c(CNC(C)C)c2)c(C)c1. The predicted molar refractivity (Wildman–Crippen MR) is 83.3 cm³/mol. The molecule has 1 nitrogen and oxygen atoms in total. The molecule has 20 heavy (non-hydrogen) atoms. The summed E-state index contributed by atoms with van der Waals surface area (Å²) >= 11 is 0. The first-order chi connectivity index (χ1) is 9.47. The molecule has 0 aliphatic rings. The summed E-state index contributed by atoms with van der Waals surface area (Å²) in [6.45, 7) is 8.86. The van der Waals surface area contributed by atoms with Gasteiger partial charge in [-0.15, -0.1) is 0 Å². The lowest BCUT2D eigenvalue weighted by Crippen LogP contribution is -2.22. The normalized spacial score (nSPS) is 11.1. The van der Waals surface area contributed by atoms with Crippen molar-refractivity contribution >= 4 is 0 Å². The maximum atomic E-state index is 13.9. The summed E-state index contributed by atoms with van der Waals surface area (Å²) < 4.78 is 13.9. The fraction of sp³-hybridized carbons (Fsp3) is 0.333. The van der Waals surface area contributed by atoms with Crippen molar-refractivity contribution in [2.75, 3.05) is 0 Å². The highest BCUT2D eigenvalue weighted by Crippen LogP contribution is 2.26. The molecule has 2 heteroatoms. The van der Waals surface area contributed by atoms with Crippen molar-refractivity contribution in [2.45, 2.75) is 40.3 Å². The molecule has 0 saturated heterocycles. The second-order valence-electron chi connectivity index (χ2n) is 5.66. The molecule has 0 unspecified atom stereocenters. The monoisotopic (exact) mass is 271 g/mol. The molecule has 0 aliphatic carbocycles. The highest BCUT2D eigenvalue weighted by atomic mass is 19.1. The van der Waals surface area contributed by atoms with E-state index in [2.05, 4.69) is 51.2 Å². The number of hydrogen-bond donors (Lipinski definition) is 1. The summed E-state index contributed by atoms with van der Waals surface area (Å²) in [5.74, 6) is -0.147. The zero-order valence-electron chi connectivity index (χ0n) is 12.6. The summed E-state index contributed by atoms with van der Waals surface area (Å²) in [4.78, 5) is 0. The molecular weight excluding hydrogens is 249 g/mol. The second kappa shape index (κ2) is 6.19. The third-order valence-electron chi connectivity index (χ3n) is 3.44. The summed E-state index contributed by atoms with van der Waals surface area (Å²) in [6, 6.07) is 12.1. The second-order valence-corrected chi connectivity index (χ2v) is 5.66. The van der Waals surface area contributed by atoms with Crippen molar-refractivity contribution < 1.29 is 4.39 Å². The fourth-order valence-corrected chi connectivity index (χ4v) is 2.33. The third kappa shape index (κ3) is 3.45. The topological polar surface area (TPSA) is 12.0 Å². The minimum Gasteiger partial charge on any atom is -0.310 e. The zero-order chi connectivity index (χ0) is 14.7. The molecule has 0 atom stereocenters. The molecule has 0 amide bonds. The molecule has 0 fully saturated rings. The van der Waals surface area contributed by atoms with Crippen molar-refractivity contribution in [3.63, 3.8) is 0 Å². The lowest BCUT2D eigenvalue weighted by atomic mass is 9.97. The quantitative estimate of drug-likeness (QED) is 0.856. The molecule has 2 aromatic rings. The van der Waals surface area contributed by atoms with E-state index < -0.39 is 0 Å². The predicted octanol–water partition coefficient (Wildman–Crippen LogP) is 4.61. The highest BCUT2D eigenvalue weighted by molar-refractivity contribution is 5.68. The first kappa shape index (κ1) is 14.7. The van der Waals surface area contributed by atoms with Gasteiger partial charge in [-0.3, -0.25) is 0 Å². The van der Waals surface area contributed by atoms with E-state index in [0.717, 1.165) is 11.1 Å². The van der Waals surface area contributed by atoms with Crippen molar-refractivity contribution in [1.29, 1.82) is 0 Å². The minimum absolute atomic E-state index is 0.147. The standard InChI is InChI=1S/C18H22FN/c1-12(2)20-11-16-10-15(6-8-18(16)19)17-7-5-13(3)9-14(17)4/h5-10,12,20H,11H2,1-4H3. The zero-order valence-corrected chi connectivity index (χ0v) is 12.6. The van der Waals surface area contributed by atoms with Crippen LogP contribution in [0.1, 0.15) is 30.5 Å². The van der Waals surface area contributed by atoms with Crippen LogP contribution in [-0.4, -0.2) is 6.04 Å². The molecule has 0 spiro atoms. The smallest absolute Gasteiger partial charge is 0.127 e. The molecule has 2 rings (SSSR count). The van der Waals surface area contributed by atoms with E-state index in [1.807, 2.05) is 12.1 Å². The Hall–Kier alpha value is -1.67. The van der Waals surface area contributed by atoms with Crippen LogP contribution in [0.25, 0.3) is 11.1 Å². The third-order valence-corrected chi connectivity index (χ3v) is 3.44. The lowest BCUT2D eigenvalue weighted by Gasteiger charge is -2.12. The molecule has 0 saturated carbocycles. The van der Waals surface area contributed by atoms with Gasteiger partial charge >= 0.3 is 0 Å². The van der Waals surface area contributed by atoms with Gasteiger partial charge in [0.25, 0.3) is 0 Å². The van der Waals surface area contributed by atoms with E-state index in [0.29, 0.717) is 12.6 Å². The van der Waals surface area contributed by atoms with Gasteiger partial charge in [-0.25, -0.2) is 4.39 Å². The van der Waals surface area contributed by atoms with Gasteiger partial charge in [0.1, 0.15) is 5.82 Å². The first-order valence-electron chi connectivity index (χ1n) is 7.07. The van der Waals surface area contributed by atoms with Gasteiger partial charge < -0.3 is 5.32 Å². The van der Waals surface area contributed by atoms with E-state index in [9.17, 15) is 4.39 Å². The molecule has 0 bridgehead atoms. The van der Waals surface area contributed by atoms with Crippen molar-refractivity contribution in [3.05, 3.63) is 58.9 Å². The van der Waals surface area contributed by atoms with Crippen LogP contribution in [0.15, 0.2) is 36.4 Å². The van der Waals surface area contributed by atoms with Crippen LogP contribution in [-0.2, 0) is 6.54 Å². The minimum atomic E-state index is -0.147. The molecule has 106 valence electrons. The van der Waals surface area contributed by atoms with Crippen LogP contribution >= 0.6 is 0 Å². The van der Waals surface area contributed by atoms with Gasteiger partial charge in [-0.1, -0.05) is 43.7 Å². The van der Waals surface area contributed by atoms with Crippen LogP contribution in [0, 0.1) is 19.7 Å². The number of halogens is 1. The molecule has 0 aromatic heterocycles. The molecule has 0 heterocycles. The van der Waals surface area contributed by atoms with Gasteiger partial charge in [0.2, 0.25) is 0 Å². The van der Waals surface area contributed by atoms with Crippen LogP contribution in [0.4, 0.5) is 4.39 Å². The van der Waals surface area contributed by atoms with Gasteiger partial charge in [0.05, 0.1) is 0 Å². The van der Waals surface area contributed by atoms with Gasteiger partial charge in [0.15, 0.2) is 0 Å². The number of aryl methyl sites for hydroxylation is 2. The van der Waals surface area contributed by atoms with Crippen LogP contribution in [0.3, 0.4) is 0 Å². The Kier molecular flexibility index (Phi) is 4.56. The Morgan fingerprint density at radius 3 is 2.45 bits per heavy atom. The molecule has 1 N–H and O–H groups in total. The Balaban J connectivity index is 2.35. The Bertz CT molecular complexity index is 602. The summed E-state index contributed by atoms with van der Waals surface area (Å²) in [7, 11) is 0. The average Bonchev–Trinajstić information content (AvgIpc) is 2.38. The summed E-state index contributed by atoms with van der Waals surface area (Å²) in [5, 5.41) is 3.27. The van der Waals surface area contributed by atoms with Gasteiger partial charge in [-0.05, 0) is 42.7 Å². The number of hydrogen-bond acceptors (Lipinski definition) is 1. The largest absolute Gasteiger partial charge is 0.310 e. The Labute approximate surface area is 120 Å². The van der Waals surface area contributed by atoms with E-state index in [1.165, 1.54) is 16.7 Å². The van der Waals surface area contributed by atoms with Gasteiger partial charge in [0, 0.05) is 18.2 Å². The molecule has 2 aromatic carbocycles. The average molecular weight is 271 g/mol. The number of nitrogens with one attached hydrogen (secondary N) is 1. The van der Waals surface area contributed by atoms with Crippen LogP contribution in [0.2, 0.25) is 0 Å². The first-order valence-corrected chi connectivity index (χ1v) is 7.07. The van der Waals surface area contributed by atoms with E-state index >= 15 is 0 Å². The van der Waals surface area contributed by atoms with Crippen LogP contribution < -0.4 is 5.32 Å². The van der Waals surface area contributed by atoms with Crippen molar-refractivity contribution in [3.8, 4) is 11.1 Å². The van der Waals surface area contributed by atoms with Crippen molar-refractivity contribution in [2.24, 2.45) is 0 Å². The lowest BCUT2D eigenvalue weighted by molar-refractivity contribution is 0.553. The number of benzene rings is 2. The van der Waals surface area contributed by atoms with E-state index in [1.54, 1.807) is 6.07 Å². The molecule has 0 aliphatic heterocycles. The van der Waals surface area contributed by atoms with E-state index in [4.69, 9.17) is 0 Å². The maximum absolute atomic E-state index is 13.9. The number of rotatable bonds is 4. The van der Waals surface area contributed by atoms with Crippen LogP contribution in [0.5, 0.6) is 0 Å². The highest BCUT2D eigenvalue weighted by Gasteiger charge is 2.07. The molecule has 0 radical (unpaired) electrons. The Morgan fingerprint density at radius 1 is 1.05 bits per heavy atom. The maximum Gasteiger partial charge on any atom is 0.127 e. The fourth-order valence-electron chi connectivity index (χ4n) is 2.33.